The molecule has 1 unspecified atom stereocenters. The number of hydrogen-bond donors (Lipinski definition) is 1. The van der Waals surface area contributed by atoms with Crippen LogP contribution in [0.15, 0.2) is 42.7 Å². The molecule has 0 bridgehead atoms. The van der Waals surface area contributed by atoms with Crippen LogP contribution in [0.25, 0.3) is 11.1 Å². The highest BCUT2D eigenvalue weighted by Gasteiger charge is 2.34. The van der Waals surface area contributed by atoms with Crippen molar-refractivity contribution in [1.82, 2.24) is 9.88 Å². The van der Waals surface area contributed by atoms with Gasteiger partial charge in [0.15, 0.2) is 0 Å². The third-order valence-corrected chi connectivity index (χ3v) is 4.44. The van der Waals surface area contributed by atoms with Gasteiger partial charge < -0.3 is 10.2 Å². The van der Waals surface area contributed by atoms with Crippen LogP contribution >= 0.6 is 0 Å². The molecule has 0 fully saturated rings. The molecule has 1 aromatic heterocycles. The van der Waals surface area contributed by atoms with E-state index < -0.39 is 0 Å². The van der Waals surface area contributed by atoms with Gasteiger partial charge in [0, 0.05) is 31.5 Å². The molecule has 21 heavy (non-hydrogen) atoms. The molecule has 1 aliphatic heterocycles. The van der Waals surface area contributed by atoms with E-state index in [1.54, 1.807) is 0 Å². The van der Waals surface area contributed by atoms with Crippen molar-refractivity contribution in [1.29, 1.82) is 0 Å². The van der Waals surface area contributed by atoms with Gasteiger partial charge in [0.05, 0.1) is 0 Å². The van der Waals surface area contributed by atoms with Gasteiger partial charge in [-0.05, 0) is 62.0 Å². The number of benzene rings is 1. The van der Waals surface area contributed by atoms with Crippen molar-refractivity contribution >= 4 is 5.69 Å². The zero-order valence-corrected chi connectivity index (χ0v) is 13.1. The summed E-state index contributed by atoms with van der Waals surface area (Å²) in [6.07, 6.45) is 4.91. The maximum Gasteiger partial charge on any atom is 0.0379 e. The van der Waals surface area contributed by atoms with E-state index in [9.17, 15) is 0 Å². The van der Waals surface area contributed by atoms with Crippen LogP contribution in [0.4, 0.5) is 5.69 Å². The fourth-order valence-electron chi connectivity index (χ4n) is 2.99. The summed E-state index contributed by atoms with van der Waals surface area (Å²) in [5.74, 6) is 0. The van der Waals surface area contributed by atoms with E-state index in [1.807, 2.05) is 18.5 Å². The molecule has 3 heteroatoms. The van der Waals surface area contributed by atoms with Gasteiger partial charge in [0.25, 0.3) is 0 Å². The van der Waals surface area contributed by atoms with Gasteiger partial charge >= 0.3 is 0 Å². The molecular formula is C18H25N3. The minimum Gasteiger partial charge on any atom is -0.384 e. The Balaban J connectivity index is 0.00000176. The second-order valence-corrected chi connectivity index (χ2v) is 6.47. The minimum absolute atomic E-state index is 0. The largest absolute Gasteiger partial charge is 0.384 e. The van der Waals surface area contributed by atoms with Gasteiger partial charge in [0.2, 0.25) is 0 Å². The van der Waals surface area contributed by atoms with Gasteiger partial charge in [0.1, 0.15) is 0 Å². The summed E-state index contributed by atoms with van der Waals surface area (Å²) in [4.78, 5) is 6.49. The molecule has 112 valence electrons. The number of hydrogen-bond acceptors (Lipinski definition) is 3. The summed E-state index contributed by atoms with van der Waals surface area (Å²) in [7, 11) is 4.28. The normalized spacial score (nSPS) is 20.4. The third kappa shape index (κ3) is 2.79. The first kappa shape index (κ1) is 14.1. The van der Waals surface area contributed by atoms with Crippen molar-refractivity contribution in [3.63, 3.8) is 0 Å². The van der Waals surface area contributed by atoms with E-state index in [1.165, 1.54) is 22.4 Å². The van der Waals surface area contributed by atoms with Crippen molar-refractivity contribution in [3.8, 4) is 11.1 Å². The van der Waals surface area contributed by atoms with E-state index in [0.717, 1.165) is 19.5 Å². The average molecular weight is 283 g/mol. The molecule has 0 aliphatic carbocycles. The lowest BCUT2D eigenvalue weighted by atomic mass is 9.80. The van der Waals surface area contributed by atoms with Crippen LogP contribution in [0.2, 0.25) is 0 Å². The molecule has 0 amide bonds. The molecule has 0 radical (unpaired) electrons. The van der Waals surface area contributed by atoms with E-state index in [-0.39, 0.29) is 6.84 Å². The van der Waals surface area contributed by atoms with Crippen LogP contribution in [0, 0.1) is 0 Å². The highest BCUT2D eigenvalue weighted by Crippen LogP contribution is 2.41. The van der Waals surface area contributed by atoms with E-state index in [4.69, 9.17) is 0 Å². The Morgan fingerprint density at radius 1 is 1.29 bits per heavy atom. The zero-order chi connectivity index (χ0) is 14.9. The van der Waals surface area contributed by atoms with Crippen molar-refractivity contribution in [2.24, 2.45) is 0 Å². The number of fused-ring (bicyclic) bond motifs is 1. The first-order valence-corrected chi connectivity index (χ1v) is 7.52. The van der Waals surface area contributed by atoms with Crippen LogP contribution in [0.5, 0.6) is 0 Å². The number of nitrogens with one attached hydrogen (secondary N) is 1. The van der Waals surface area contributed by atoms with E-state index in [0.29, 0.717) is 0 Å². The summed E-state index contributed by atoms with van der Waals surface area (Å²) >= 11 is 0. The average Bonchev–Trinajstić information content (AvgIpc) is 2.84. The monoisotopic (exact) mass is 283 g/mol. The van der Waals surface area contributed by atoms with Gasteiger partial charge in [-0.2, -0.15) is 0 Å². The Morgan fingerprint density at radius 2 is 2.14 bits per heavy atom. The number of rotatable bonds is 4. The Morgan fingerprint density at radius 3 is 2.86 bits per heavy atom. The van der Waals surface area contributed by atoms with Gasteiger partial charge in [-0.15, -0.1) is 0 Å². The van der Waals surface area contributed by atoms with Crippen LogP contribution in [0.1, 0.15) is 20.3 Å². The van der Waals surface area contributed by atoms with Crippen molar-refractivity contribution in [2.45, 2.75) is 18.8 Å². The fraction of sp³-hybridized carbons (Fsp3) is 0.389. The maximum atomic E-state index is 4.23. The lowest BCUT2D eigenvalue weighted by molar-refractivity contribution is 0.343. The standard InChI is InChI=1S/C18H23N3.H2/c1-18(8-10-21(2)3)13-20-17-7-6-14(11-16(17)18)15-5-4-9-19-12-15;/h4-7,9,11-12,20H,8,10,13H2,1-3H3;1H. The van der Waals surface area contributed by atoms with Gasteiger partial charge in [-0.1, -0.05) is 19.1 Å². The molecule has 1 N–H and O–H groups in total. The summed E-state index contributed by atoms with van der Waals surface area (Å²) in [6, 6.07) is 10.8. The van der Waals surface area contributed by atoms with E-state index in [2.05, 4.69) is 60.5 Å². The number of aromatic nitrogens is 1. The molecule has 2 aromatic rings. The van der Waals surface area contributed by atoms with Crippen LogP contribution in [-0.4, -0.2) is 37.1 Å². The summed E-state index contributed by atoms with van der Waals surface area (Å²) in [5, 5.41) is 3.56. The number of nitrogens with zero attached hydrogens (tertiary/aromatic N) is 2. The van der Waals surface area contributed by atoms with Crippen molar-refractivity contribution in [2.75, 3.05) is 32.5 Å². The molecule has 1 atom stereocenters. The second kappa shape index (κ2) is 5.49. The van der Waals surface area contributed by atoms with E-state index >= 15 is 0 Å². The van der Waals surface area contributed by atoms with Crippen molar-refractivity contribution < 1.29 is 1.43 Å². The predicted molar refractivity (Wildman–Crippen MR) is 90.8 cm³/mol. The first-order valence-electron chi connectivity index (χ1n) is 7.52. The number of anilines is 1. The molecular weight excluding hydrogens is 258 g/mol. The SMILES string of the molecule is CN(C)CCC1(C)CNc2ccc(-c3cccnc3)cc21.[HH]. The van der Waals surface area contributed by atoms with Gasteiger partial charge in [-0.3, -0.25) is 4.98 Å². The summed E-state index contributed by atoms with van der Waals surface area (Å²) < 4.78 is 0. The molecule has 3 rings (SSSR count). The summed E-state index contributed by atoms with van der Waals surface area (Å²) in [6.45, 7) is 4.49. The maximum absolute atomic E-state index is 4.23. The predicted octanol–water partition coefficient (Wildman–Crippen LogP) is 3.63. The van der Waals surface area contributed by atoms with Crippen LogP contribution in [0.3, 0.4) is 0 Å². The topological polar surface area (TPSA) is 28.2 Å². The fourth-order valence-corrected chi connectivity index (χ4v) is 2.99. The molecule has 1 aliphatic rings. The molecule has 0 saturated carbocycles. The molecule has 0 spiro atoms. The zero-order valence-electron chi connectivity index (χ0n) is 13.1. The Bertz CT molecular complexity index is 627. The molecule has 0 saturated heterocycles. The lowest BCUT2D eigenvalue weighted by Gasteiger charge is -2.26. The van der Waals surface area contributed by atoms with Crippen LogP contribution < -0.4 is 5.32 Å². The Kier molecular flexibility index (Phi) is 3.68. The lowest BCUT2D eigenvalue weighted by Crippen LogP contribution is -2.29. The Labute approximate surface area is 128 Å². The highest BCUT2D eigenvalue weighted by molar-refractivity contribution is 5.71. The summed E-state index contributed by atoms with van der Waals surface area (Å²) in [5.41, 5.74) is 5.36. The highest BCUT2D eigenvalue weighted by atomic mass is 15.1. The van der Waals surface area contributed by atoms with Crippen molar-refractivity contribution in [3.05, 3.63) is 48.3 Å². The smallest absolute Gasteiger partial charge is 0.0379 e. The van der Waals surface area contributed by atoms with Gasteiger partial charge in [-0.25, -0.2) is 0 Å². The Hall–Kier alpha value is -1.87. The first-order chi connectivity index (χ1) is 10.1. The van der Waals surface area contributed by atoms with Crippen LogP contribution in [-0.2, 0) is 5.41 Å². The quantitative estimate of drug-likeness (QED) is 0.928. The number of pyridine rings is 1. The third-order valence-electron chi connectivity index (χ3n) is 4.44. The second-order valence-electron chi connectivity index (χ2n) is 6.47. The minimum atomic E-state index is 0. The molecule has 3 nitrogen and oxygen atoms in total. The molecule has 1 aromatic carbocycles. The molecule has 2 heterocycles.